The van der Waals surface area contributed by atoms with Crippen LogP contribution < -0.4 is 10.2 Å². The van der Waals surface area contributed by atoms with Crippen LogP contribution in [0.1, 0.15) is 16.8 Å². The number of carbonyl (C=O) groups excluding carboxylic acids is 1. The SMILES string of the molecule is O=C(c1ccc(Br)cc1)N1CCCNc2ccccc21. The van der Waals surface area contributed by atoms with Gasteiger partial charge in [0.1, 0.15) is 0 Å². The zero-order valence-electron chi connectivity index (χ0n) is 11.0. The molecule has 0 spiro atoms. The molecule has 0 unspecified atom stereocenters. The lowest BCUT2D eigenvalue weighted by Crippen LogP contribution is -2.31. The summed E-state index contributed by atoms with van der Waals surface area (Å²) in [6.45, 7) is 1.63. The van der Waals surface area contributed by atoms with E-state index < -0.39 is 0 Å². The zero-order valence-corrected chi connectivity index (χ0v) is 12.6. The second kappa shape index (κ2) is 5.67. The predicted molar refractivity (Wildman–Crippen MR) is 85.4 cm³/mol. The molecular weight excluding hydrogens is 316 g/mol. The minimum atomic E-state index is 0.0497. The monoisotopic (exact) mass is 330 g/mol. The van der Waals surface area contributed by atoms with Crippen molar-refractivity contribution in [1.29, 1.82) is 0 Å². The van der Waals surface area contributed by atoms with Crippen molar-refractivity contribution in [1.82, 2.24) is 0 Å². The van der Waals surface area contributed by atoms with Crippen LogP contribution in [0.5, 0.6) is 0 Å². The van der Waals surface area contributed by atoms with Crippen molar-refractivity contribution in [2.24, 2.45) is 0 Å². The Bertz CT molecular complexity index is 625. The largest absolute Gasteiger partial charge is 0.383 e. The van der Waals surface area contributed by atoms with Gasteiger partial charge in [-0.1, -0.05) is 28.1 Å². The maximum atomic E-state index is 12.7. The molecule has 0 atom stereocenters. The van der Waals surface area contributed by atoms with Gasteiger partial charge in [0.05, 0.1) is 11.4 Å². The summed E-state index contributed by atoms with van der Waals surface area (Å²) < 4.78 is 0.979. The lowest BCUT2D eigenvalue weighted by atomic mass is 10.1. The minimum absolute atomic E-state index is 0.0497. The number of para-hydroxylation sites is 2. The molecule has 1 N–H and O–H groups in total. The second-order valence-corrected chi connectivity index (χ2v) is 5.68. The van der Waals surface area contributed by atoms with Gasteiger partial charge in [0.15, 0.2) is 0 Å². The first-order valence-corrected chi connectivity index (χ1v) is 7.45. The van der Waals surface area contributed by atoms with E-state index in [0.29, 0.717) is 5.56 Å². The molecule has 0 saturated heterocycles. The van der Waals surface area contributed by atoms with Crippen molar-refractivity contribution >= 4 is 33.2 Å². The Labute approximate surface area is 126 Å². The second-order valence-electron chi connectivity index (χ2n) is 4.76. The lowest BCUT2D eigenvalue weighted by molar-refractivity contribution is 0.0987. The zero-order chi connectivity index (χ0) is 13.9. The van der Waals surface area contributed by atoms with Crippen LogP contribution >= 0.6 is 15.9 Å². The molecule has 102 valence electrons. The summed E-state index contributed by atoms with van der Waals surface area (Å²) >= 11 is 3.39. The first-order chi connectivity index (χ1) is 9.75. The lowest BCUT2D eigenvalue weighted by Gasteiger charge is -2.22. The Morgan fingerprint density at radius 3 is 2.65 bits per heavy atom. The maximum Gasteiger partial charge on any atom is 0.258 e. The van der Waals surface area contributed by atoms with Gasteiger partial charge in [0.25, 0.3) is 5.91 Å². The van der Waals surface area contributed by atoms with Crippen LogP contribution in [-0.2, 0) is 0 Å². The fraction of sp³-hybridized carbons (Fsp3) is 0.188. The van der Waals surface area contributed by atoms with Crippen LogP contribution in [0.15, 0.2) is 53.0 Å². The molecule has 3 nitrogen and oxygen atoms in total. The molecular formula is C16H15BrN2O. The van der Waals surface area contributed by atoms with E-state index in [9.17, 15) is 4.79 Å². The van der Waals surface area contributed by atoms with Crippen molar-refractivity contribution in [3.05, 3.63) is 58.6 Å². The van der Waals surface area contributed by atoms with Gasteiger partial charge in [-0.15, -0.1) is 0 Å². The van der Waals surface area contributed by atoms with Gasteiger partial charge >= 0.3 is 0 Å². The van der Waals surface area contributed by atoms with Crippen LogP contribution in [0.25, 0.3) is 0 Å². The van der Waals surface area contributed by atoms with E-state index in [1.807, 2.05) is 53.4 Å². The number of hydrogen-bond donors (Lipinski definition) is 1. The number of rotatable bonds is 1. The van der Waals surface area contributed by atoms with Crippen molar-refractivity contribution in [3.8, 4) is 0 Å². The fourth-order valence-electron chi connectivity index (χ4n) is 2.40. The summed E-state index contributed by atoms with van der Waals surface area (Å²) in [7, 11) is 0. The average Bonchev–Trinajstić information content (AvgIpc) is 2.69. The van der Waals surface area contributed by atoms with E-state index in [2.05, 4.69) is 21.2 Å². The van der Waals surface area contributed by atoms with Gasteiger partial charge in [-0.05, 0) is 42.8 Å². The van der Waals surface area contributed by atoms with Crippen molar-refractivity contribution < 1.29 is 4.79 Å². The van der Waals surface area contributed by atoms with Crippen molar-refractivity contribution in [3.63, 3.8) is 0 Å². The Kier molecular flexibility index (Phi) is 3.74. The van der Waals surface area contributed by atoms with E-state index in [0.717, 1.165) is 35.4 Å². The molecule has 0 fully saturated rings. The van der Waals surface area contributed by atoms with Crippen LogP contribution in [0.3, 0.4) is 0 Å². The van der Waals surface area contributed by atoms with E-state index >= 15 is 0 Å². The number of fused-ring (bicyclic) bond motifs is 1. The van der Waals surface area contributed by atoms with Gasteiger partial charge in [-0.3, -0.25) is 4.79 Å². The van der Waals surface area contributed by atoms with Crippen molar-refractivity contribution in [2.45, 2.75) is 6.42 Å². The van der Waals surface area contributed by atoms with E-state index in [-0.39, 0.29) is 5.91 Å². The summed E-state index contributed by atoms with van der Waals surface area (Å²) in [5.41, 5.74) is 2.69. The van der Waals surface area contributed by atoms with Crippen LogP contribution in [-0.4, -0.2) is 19.0 Å². The molecule has 0 saturated carbocycles. The summed E-state index contributed by atoms with van der Waals surface area (Å²) in [5, 5.41) is 3.37. The third-order valence-electron chi connectivity index (χ3n) is 3.41. The van der Waals surface area contributed by atoms with Gasteiger partial charge in [-0.25, -0.2) is 0 Å². The minimum Gasteiger partial charge on any atom is -0.383 e. The highest BCUT2D eigenvalue weighted by atomic mass is 79.9. The van der Waals surface area contributed by atoms with Crippen LogP contribution in [0, 0.1) is 0 Å². The number of amides is 1. The summed E-state index contributed by atoms with van der Waals surface area (Å²) in [6.07, 6.45) is 0.941. The first kappa shape index (κ1) is 13.2. The molecule has 3 rings (SSSR count). The molecule has 0 aliphatic carbocycles. The van der Waals surface area contributed by atoms with Gasteiger partial charge < -0.3 is 10.2 Å². The highest BCUT2D eigenvalue weighted by Crippen LogP contribution is 2.29. The standard InChI is InChI=1S/C16H15BrN2O/c17-13-8-6-12(7-9-13)16(20)19-11-3-10-18-14-4-1-2-5-15(14)19/h1-2,4-9,18H,3,10-11H2. The normalized spacial score (nSPS) is 14.2. The topological polar surface area (TPSA) is 32.3 Å². The molecule has 4 heteroatoms. The summed E-state index contributed by atoms with van der Waals surface area (Å²) in [4.78, 5) is 14.6. The Hall–Kier alpha value is -1.81. The smallest absolute Gasteiger partial charge is 0.258 e. The molecule has 1 aliphatic heterocycles. The molecule has 1 heterocycles. The maximum absolute atomic E-state index is 12.7. The number of hydrogen-bond acceptors (Lipinski definition) is 2. The molecule has 2 aromatic rings. The molecule has 1 amide bonds. The number of nitrogens with one attached hydrogen (secondary N) is 1. The summed E-state index contributed by atoms with van der Waals surface area (Å²) in [6, 6.07) is 15.5. The van der Waals surface area contributed by atoms with E-state index in [1.165, 1.54) is 0 Å². The third-order valence-corrected chi connectivity index (χ3v) is 3.93. The molecule has 0 aromatic heterocycles. The molecule has 20 heavy (non-hydrogen) atoms. The van der Waals surface area contributed by atoms with Crippen LogP contribution in [0.2, 0.25) is 0 Å². The molecule has 2 aromatic carbocycles. The van der Waals surface area contributed by atoms with Crippen LogP contribution in [0.4, 0.5) is 11.4 Å². The number of anilines is 2. The number of carbonyl (C=O) groups is 1. The van der Waals surface area contributed by atoms with E-state index in [1.54, 1.807) is 0 Å². The first-order valence-electron chi connectivity index (χ1n) is 6.66. The van der Waals surface area contributed by atoms with Gasteiger partial charge in [-0.2, -0.15) is 0 Å². The average molecular weight is 331 g/mol. The Balaban J connectivity index is 1.97. The van der Waals surface area contributed by atoms with Crippen molar-refractivity contribution in [2.75, 3.05) is 23.3 Å². The highest BCUT2D eigenvalue weighted by molar-refractivity contribution is 9.10. The summed E-state index contributed by atoms with van der Waals surface area (Å²) in [5.74, 6) is 0.0497. The number of benzene rings is 2. The van der Waals surface area contributed by atoms with Gasteiger partial charge in [0, 0.05) is 23.1 Å². The highest BCUT2D eigenvalue weighted by Gasteiger charge is 2.21. The third kappa shape index (κ3) is 2.56. The van der Waals surface area contributed by atoms with E-state index in [4.69, 9.17) is 0 Å². The quantitative estimate of drug-likeness (QED) is 0.859. The fourth-order valence-corrected chi connectivity index (χ4v) is 2.66. The Morgan fingerprint density at radius 1 is 1.10 bits per heavy atom. The molecule has 0 radical (unpaired) electrons. The predicted octanol–water partition coefficient (Wildman–Crippen LogP) is 3.91. The van der Waals surface area contributed by atoms with Gasteiger partial charge in [0.2, 0.25) is 0 Å². The number of halogens is 1. The molecule has 0 bridgehead atoms. The Morgan fingerprint density at radius 2 is 1.85 bits per heavy atom. The number of nitrogens with zero attached hydrogens (tertiary/aromatic N) is 1. The molecule has 1 aliphatic rings.